The summed E-state index contributed by atoms with van der Waals surface area (Å²) < 4.78 is 13.2. The minimum absolute atomic E-state index is 0.0550. The molecule has 0 aliphatic carbocycles. The lowest BCUT2D eigenvalue weighted by atomic mass is 10.0. The fraction of sp³-hybridized carbons (Fsp3) is 0.381. The highest BCUT2D eigenvalue weighted by atomic mass is 16.5. The molecule has 0 N–H and O–H groups in total. The molecule has 5 rings (SSSR count). The molecule has 7 heteroatoms. The third kappa shape index (κ3) is 3.06. The maximum absolute atomic E-state index is 13.1. The van der Waals surface area contributed by atoms with Crippen molar-refractivity contribution in [1.82, 2.24) is 19.9 Å². The summed E-state index contributed by atoms with van der Waals surface area (Å²) >= 11 is 0. The normalized spacial score (nSPS) is 19.0. The third-order valence-corrected chi connectivity index (χ3v) is 5.43. The first kappa shape index (κ1) is 17.0. The summed E-state index contributed by atoms with van der Waals surface area (Å²) in [7, 11) is 0. The summed E-state index contributed by atoms with van der Waals surface area (Å²) in [5, 5.41) is 8.30. The molecule has 7 nitrogen and oxygen atoms in total. The molecular formula is C21H22N4O3. The van der Waals surface area contributed by atoms with Gasteiger partial charge in [0.15, 0.2) is 11.5 Å². The molecule has 1 aromatic heterocycles. The molecule has 3 heterocycles. The van der Waals surface area contributed by atoms with E-state index in [9.17, 15) is 4.79 Å². The number of amides is 1. The van der Waals surface area contributed by atoms with Crippen molar-refractivity contribution in [3.8, 4) is 11.5 Å². The van der Waals surface area contributed by atoms with Crippen molar-refractivity contribution >= 4 is 16.9 Å². The third-order valence-electron chi connectivity index (χ3n) is 5.43. The van der Waals surface area contributed by atoms with Crippen LogP contribution in [0.15, 0.2) is 42.5 Å². The SMILES string of the molecule is O=C(Cn1nnc2ccccc21)N1CCC[C@H]1c1ccc2c(c1)OCCCO2. The molecule has 1 atom stereocenters. The number of benzene rings is 2. The van der Waals surface area contributed by atoms with E-state index in [2.05, 4.69) is 16.4 Å². The Kier molecular flexibility index (Phi) is 4.35. The zero-order valence-corrected chi connectivity index (χ0v) is 15.6. The fourth-order valence-electron chi connectivity index (χ4n) is 4.05. The average Bonchev–Trinajstić information content (AvgIpc) is 3.30. The number of hydrogen-bond acceptors (Lipinski definition) is 5. The van der Waals surface area contributed by atoms with Crippen LogP contribution < -0.4 is 9.47 Å². The number of para-hydroxylation sites is 1. The summed E-state index contributed by atoms with van der Waals surface area (Å²) in [6.07, 6.45) is 2.82. The highest BCUT2D eigenvalue weighted by molar-refractivity contribution is 5.80. The van der Waals surface area contributed by atoms with Crippen molar-refractivity contribution in [1.29, 1.82) is 0 Å². The van der Waals surface area contributed by atoms with E-state index in [-0.39, 0.29) is 18.5 Å². The maximum atomic E-state index is 13.1. The Hall–Kier alpha value is -3.09. The van der Waals surface area contributed by atoms with Gasteiger partial charge in [-0.25, -0.2) is 4.68 Å². The summed E-state index contributed by atoms with van der Waals surface area (Å²) in [6.45, 7) is 2.28. The molecular weight excluding hydrogens is 356 g/mol. The summed E-state index contributed by atoms with van der Waals surface area (Å²) in [4.78, 5) is 15.0. The van der Waals surface area contributed by atoms with Crippen LogP contribution >= 0.6 is 0 Å². The van der Waals surface area contributed by atoms with Gasteiger partial charge in [0.1, 0.15) is 12.1 Å². The van der Waals surface area contributed by atoms with Crippen LogP contribution in [0.5, 0.6) is 11.5 Å². The fourth-order valence-corrected chi connectivity index (χ4v) is 4.05. The van der Waals surface area contributed by atoms with Gasteiger partial charge in [-0.2, -0.15) is 0 Å². The van der Waals surface area contributed by atoms with Crippen LogP contribution in [0.1, 0.15) is 30.9 Å². The summed E-state index contributed by atoms with van der Waals surface area (Å²) in [6, 6.07) is 13.8. The minimum atomic E-state index is 0.0550. The predicted molar refractivity (Wildman–Crippen MR) is 103 cm³/mol. The molecule has 1 saturated heterocycles. The lowest BCUT2D eigenvalue weighted by Gasteiger charge is -2.25. The maximum Gasteiger partial charge on any atom is 0.244 e. The number of hydrogen-bond donors (Lipinski definition) is 0. The first-order valence-electron chi connectivity index (χ1n) is 9.77. The van der Waals surface area contributed by atoms with E-state index >= 15 is 0 Å². The Bertz CT molecular complexity index is 1020. The van der Waals surface area contributed by atoms with Gasteiger partial charge in [0.05, 0.1) is 24.8 Å². The molecule has 28 heavy (non-hydrogen) atoms. The molecule has 0 radical (unpaired) electrons. The van der Waals surface area contributed by atoms with Crippen molar-refractivity contribution in [2.75, 3.05) is 19.8 Å². The van der Waals surface area contributed by atoms with E-state index in [1.54, 1.807) is 4.68 Å². The molecule has 0 saturated carbocycles. The van der Waals surface area contributed by atoms with E-state index in [1.165, 1.54) is 0 Å². The monoisotopic (exact) mass is 378 g/mol. The smallest absolute Gasteiger partial charge is 0.244 e. The molecule has 2 aliphatic heterocycles. The van der Waals surface area contributed by atoms with Gasteiger partial charge in [0.25, 0.3) is 0 Å². The molecule has 1 amide bonds. The van der Waals surface area contributed by atoms with Gasteiger partial charge in [0, 0.05) is 13.0 Å². The first-order chi connectivity index (χ1) is 13.8. The summed E-state index contributed by atoms with van der Waals surface area (Å²) in [5.74, 6) is 1.62. The van der Waals surface area contributed by atoms with Crippen molar-refractivity contribution in [2.45, 2.75) is 31.8 Å². The number of aromatic nitrogens is 3. The van der Waals surface area contributed by atoms with Crippen LogP contribution in [-0.4, -0.2) is 45.6 Å². The Balaban J connectivity index is 1.38. The van der Waals surface area contributed by atoms with Crippen LogP contribution in [0.4, 0.5) is 0 Å². The van der Waals surface area contributed by atoms with E-state index in [4.69, 9.17) is 9.47 Å². The van der Waals surface area contributed by atoms with E-state index in [0.29, 0.717) is 13.2 Å². The Morgan fingerprint density at radius 3 is 2.86 bits per heavy atom. The topological polar surface area (TPSA) is 69.5 Å². The second-order valence-corrected chi connectivity index (χ2v) is 7.24. The minimum Gasteiger partial charge on any atom is -0.490 e. The van der Waals surface area contributed by atoms with Gasteiger partial charge >= 0.3 is 0 Å². The standard InChI is InChI=1S/C21H22N4O3/c26-21(14-25-18-6-2-1-5-16(18)22-23-25)24-10-3-7-17(24)15-8-9-19-20(13-15)28-12-4-11-27-19/h1-2,5-6,8-9,13,17H,3-4,7,10-12,14H2/t17-/m0/s1. The number of carbonyl (C=O) groups is 1. The number of rotatable bonds is 3. The number of fused-ring (bicyclic) bond motifs is 2. The number of likely N-dealkylation sites (tertiary alicyclic amines) is 1. The average molecular weight is 378 g/mol. The number of nitrogens with zero attached hydrogens (tertiary/aromatic N) is 4. The second-order valence-electron chi connectivity index (χ2n) is 7.24. The van der Waals surface area contributed by atoms with Gasteiger partial charge < -0.3 is 14.4 Å². The van der Waals surface area contributed by atoms with Crippen LogP contribution in [0, 0.1) is 0 Å². The number of carbonyl (C=O) groups excluding carboxylic acids is 1. The summed E-state index contributed by atoms with van der Waals surface area (Å²) in [5.41, 5.74) is 2.77. The van der Waals surface area contributed by atoms with Crippen LogP contribution in [0.2, 0.25) is 0 Å². The highest BCUT2D eigenvalue weighted by Crippen LogP contribution is 2.38. The van der Waals surface area contributed by atoms with Crippen LogP contribution in [0.3, 0.4) is 0 Å². The lowest BCUT2D eigenvalue weighted by Crippen LogP contribution is -2.33. The highest BCUT2D eigenvalue weighted by Gasteiger charge is 2.31. The quantitative estimate of drug-likeness (QED) is 0.701. The first-order valence-corrected chi connectivity index (χ1v) is 9.77. The van der Waals surface area contributed by atoms with Crippen molar-refractivity contribution in [3.63, 3.8) is 0 Å². The van der Waals surface area contributed by atoms with Gasteiger partial charge in [0.2, 0.25) is 5.91 Å². The molecule has 2 aromatic carbocycles. The molecule has 0 bridgehead atoms. The number of ether oxygens (including phenoxy) is 2. The molecule has 0 spiro atoms. The van der Waals surface area contributed by atoms with E-state index < -0.39 is 0 Å². The molecule has 3 aromatic rings. The molecule has 1 fully saturated rings. The van der Waals surface area contributed by atoms with E-state index in [0.717, 1.165) is 53.9 Å². The zero-order chi connectivity index (χ0) is 18.9. The van der Waals surface area contributed by atoms with Crippen LogP contribution in [0.25, 0.3) is 11.0 Å². The zero-order valence-electron chi connectivity index (χ0n) is 15.6. The van der Waals surface area contributed by atoms with Crippen molar-refractivity contribution in [3.05, 3.63) is 48.0 Å². The van der Waals surface area contributed by atoms with E-state index in [1.807, 2.05) is 41.3 Å². The predicted octanol–water partition coefficient (Wildman–Crippen LogP) is 2.96. The Morgan fingerprint density at radius 1 is 1.07 bits per heavy atom. The van der Waals surface area contributed by atoms with Gasteiger partial charge in [-0.15, -0.1) is 5.10 Å². The Morgan fingerprint density at radius 2 is 1.93 bits per heavy atom. The largest absolute Gasteiger partial charge is 0.490 e. The molecule has 144 valence electrons. The second kappa shape index (κ2) is 7.14. The molecule has 0 unspecified atom stereocenters. The van der Waals surface area contributed by atoms with Crippen LogP contribution in [-0.2, 0) is 11.3 Å². The van der Waals surface area contributed by atoms with Crippen molar-refractivity contribution < 1.29 is 14.3 Å². The van der Waals surface area contributed by atoms with Gasteiger partial charge in [-0.1, -0.05) is 23.4 Å². The van der Waals surface area contributed by atoms with Crippen molar-refractivity contribution in [2.24, 2.45) is 0 Å². The lowest BCUT2D eigenvalue weighted by molar-refractivity contribution is -0.132. The van der Waals surface area contributed by atoms with Gasteiger partial charge in [-0.3, -0.25) is 4.79 Å². The Labute approximate surface area is 162 Å². The molecule has 2 aliphatic rings. The van der Waals surface area contributed by atoms with Gasteiger partial charge in [-0.05, 0) is 42.7 Å².